The van der Waals surface area contributed by atoms with Crippen LogP contribution in [0.1, 0.15) is 215 Å². The molecule has 0 atom stereocenters. The predicted molar refractivity (Wildman–Crippen MR) is 334 cm³/mol. The van der Waals surface area contributed by atoms with E-state index in [1.807, 2.05) is 150 Å². The summed E-state index contributed by atoms with van der Waals surface area (Å²) >= 11 is 0. The highest BCUT2D eigenvalue weighted by atomic mass is 15.1. The summed E-state index contributed by atoms with van der Waals surface area (Å²) < 4.78 is 0. The minimum Gasteiger partial charge on any atom is -0.265 e. The van der Waals surface area contributed by atoms with E-state index in [1.54, 1.807) is 68.0 Å². The fourth-order valence-electron chi connectivity index (χ4n) is 1.66. The van der Waals surface area contributed by atoms with Crippen molar-refractivity contribution in [1.29, 1.82) is 0 Å². The molecular weight excluding hydrogens is 897 g/mol. The number of pyridine rings is 1. The second-order valence-corrected chi connectivity index (χ2v) is 16.1. The first-order valence-corrected chi connectivity index (χ1v) is 26.9. The molecule has 0 aliphatic carbocycles. The van der Waals surface area contributed by atoms with Gasteiger partial charge in [-0.3, -0.25) is 15.0 Å². The molecule has 0 aliphatic heterocycles. The lowest BCUT2D eigenvalue weighted by molar-refractivity contribution is 0.736. The fraction of sp³-hybridized carbons (Fsp3) is 0.587. The Bertz CT molecular complexity index is 936. The van der Waals surface area contributed by atoms with Crippen molar-refractivity contribution in [2.45, 2.75) is 215 Å². The maximum Gasteiger partial charge on any atom is 0.119 e. The Kier molecular flexibility index (Phi) is 167. The van der Waals surface area contributed by atoms with Gasteiger partial charge < -0.3 is 0 Å². The van der Waals surface area contributed by atoms with Crippen molar-refractivity contribution < 1.29 is 0 Å². The zero-order chi connectivity index (χ0) is 58.9. The standard InChI is InChI=1S/C6H6.C5H5N.3C4H4N2.6C4H10.C3H3N3.6C2H6.CH4/c2*1-2-4-6-5-3-1;1-2-6-4-3-5-1;1-2-5-4-6-3-1;1-2-4-6-5-3-1;6*1-4(2)3;1-4-2-6-3-5-1;6*1-2;/h1-6H;1-5H;3*1-4H;6*4H,1-3H3;1-3H;6*1-2H3;1H4. The number of aromatic nitrogens is 10. The summed E-state index contributed by atoms with van der Waals surface area (Å²) in [6, 6.07) is 23.1. The monoisotopic (exact) mass is 1020 g/mol. The first-order chi connectivity index (χ1) is 34.4. The van der Waals surface area contributed by atoms with Crippen LogP contribution in [0.5, 0.6) is 0 Å². The highest BCUT2D eigenvalue weighted by Gasteiger charge is 1.70. The van der Waals surface area contributed by atoms with E-state index >= 15 is 0 Å². The van der Waals surface area contributed by atoms with Gasteiger partial charge in [0.05, 0.1) is 0 Å². The normalized spacial score (nSPS) is 7.40. The summed E-state index contributed by atoms with van der Waals surface area (Å²) in [6.07, 6.45) is 22.5. The topological polar surface area (TPSA) is 129 Å². The summed E-state index contributed by atoms with van der Waals surface area (Å²) in [5, 5.41) is 7.07. The Balaban J connectivity index is -0.0000000481. The second-order valence-electron chi connectivity index (χ2n) is 16.1. The van der Waals surface area contributed by atoms with Gasteiger partial charge in [0.15, 0.2) is 0 Å². The Morgan fingerprint density at radius 3 is 0.411 bits per heavy atom. The third kappa shape index (κ3) is 297. The average Bonchev–Trinajstić information content (AvgIpc) is 3.41. The summed E-state index contributed by atoms with van der Waals surface area (Å²) in [5.74, 6) is 5.00. The summed E-state index contributed by atoms with van der Waals surface area (Å²) in [7, 11) is 0. The average molecular weight is 1020 g/mol. The van der Waals surface area contributed by atoms with E-state index in [1.165, 1.54) is 25.3 Å². The Hall–Kier alpha value is -5.38. The molecular formula is C63H126N10. The highest BCUT2D eigenvalue weighted by Crippen LogP contribution is 1.84. The number of hydrogen-bond donors (Lipinski definition) is 0. The van der Waals surface area contributed by atoms with Crippen LogP contribution >= 0.6 is 0 Å². The minimum atomic E-state index is 0. The van der Waals surface area contributed by atoms with Crippen LogP contribution in [0.15, 0.2) is 160 Å². The molecule has 6 aromatic rings. The molecule has 0 saturated carbocycles. The molecule has 0 unspecified atom stereocenters. The summed E-state index contributed by atoms with van der Waals surface area (Å²) in [6.45, 7) is 63.0. The zero-order valence-electron chi connectivity index (χ0n) is 52.9. The minimum absolute atomic E-state index is 0. The van der Waals surface area contributed by atoms with E-state index in [0.29, 0.717) is 0 Å². The molecule has 0 radical (unpaired) electrons. The second kappa shape index (κ2) is 121. The largest absolute Gasteiger partial charge is 0.265 e. The molecule has 0 saturated heterocycles. The lowest BCUT2D eigenvalue weighted by Crippen LogP contribution is -1.73. The molecule has 0 spiro atoms. The number of benzene rings is 1. The van der Waals surface area contributed by atoms with Crippen LogP contribution in [0.3, 0.4) is 0 Å². The van der Waals surface area contributed by atoms with Crippen molar-refractivity contribution >= 4 is 0 Å². The van der Waals surface area contributed by atoms with Gasteiger partial charge in [0.25, 0.3) is 0 Å². The first kappa shape index (κ1) is 101. The van der Waals surface area contributed by atoms with Crippen LogP contribution in [0.4, 0.5) is 0 Å². The Morgan fingerprint density at radius 2 is 0.329 bits per heavy atom. The highest BCUT2D eigenvalue weighted by molar-refractivity contribution is 4.99. The van der Waals surface area contributed by atoms with Crippen LogP contribution < -0.4 is 0 Å². The summed E-state index contributed by atoms with van der Waals surface area (Å²) in [4.78, 5) is 29.3. The van der Waals surface area contributed by atoms with Crippen LogP contribution in [0, 0.1) is 35.5 Å². The quantitative estimate of drug-likeness (QED) is 0.145. The molecule has 5 heterocycles. The number of nitrogens with zero attached hydrogens (tertiary/aromatic N) is 10. The molecule has 0 amide bonds. The maximum atomic E-state index is 3.78. The van der Waals surface area contributed by atoms with Crippen molar-refractivity contribution in [3.8, 4) is 0 Å². The van der Waals surface area contributed by atoms with E-state index in [9.17, 15) is 0 Å². The van der Waals surface area contributed by atoms with Crippen molar-refractivity contribution in [3.63, 3.8) is 0 Å². The SMILES string of the molecule is C.CC.CC.CC.CC.CC.CC.CC(C)C.CC(C)C.CC(C)C.CC(C)C.CC(C)C.CC(C)C.c1ccccc1.c1ccncc1.c1ccnnc1.c1cnccn1.c1cncnc1.c1ncncn1. The number of rotatable bonds is 0. The fourth-order valence-corrected chi connectivity index (χ4v) is 1.66. The van der Waals surface area contributed by atoms with E-state index in [-0.39, 0.29) is 7.43 Å². The van der Waals surface area contributed by atoms with Gasteiger partial charge in [0, 0.05) is 62.0 Å². The molecule has 10 heteroatoms. The molecule has 73 heavy (non-hydrogen) atoms. The van der Waals surface area contributed by atoms with Crippen LogP contribution in [0.25, 0.3) is 0 Å². The first-order valence-electron chi connectivity index (χ1n) is 26.9. The van der Waals surface area contributed by atoms with Crippen LogP contribution in [-0.4, -0.2) is 50.1 Å². The maximum absolute atomic E-state index is 3.78. The Morgan fingerprint density at radius 1 is 0.178 bits per heavy atom. The lowest BCUT2D eigenvalue weighted by Gasteiger charge is -1.79. The van der Waals surface area contributed by atoms with Gasteiger partial charge in [0.2, 0.25) is 0 Å². The van der Waals surface area contributed by atoms with Gasteiger partial charge in [-0.1, -0.05) is 258 Å². The summed E-state index contributed by atoms with van der Waals surface area (Å²) in [5.41, 5.74) is 0. The van der Waals surface area contributed by atoms with Gasteiger partial charge in [-0.2, -0.15) is 10.2 Å². The smallest absolute Gasteiger partial charge is 0.119 e. The molecule has 1 aromatic carbocycles. The van der Waals surface area contributed by atoms with Gasteiger partial charge in [-0.15, -0.1) is 0 Å². The van der Waals surface area contributed by atoms with Crippen molar-refractivity contribution in [2.75, 3.05) is 0 Å². The molecule has 5 aromatic heterocycles. The molecule has 428 valence electrons. The van der Waals surface area contributed by atoms with Gasteiger partial charge in [-0.05, 0) is 65.8 Å². The zero-order valence-corrected chi connectivity index (χ0v) is 52.9. The third-order valence-electron chi connectivity index (χ3n) is 3.07. The molecule has 10 nitrogen and oxygen atoms in total. The van der Waals surface area contributed by atoms with E-state index in [2.05, 4.69) is 175 Å². The molecule has 0 bridgehead atoms. The molecule has 0 fully saturated rings. The molecule has 0 N–H and O–H groups in total. The van der Waals surface area contributed by atoms with Gasteiger partial charge in [0.1, 0.15) is 25.3 Å². The Labute approximate surface area is 458 Å². The van der Waals surface area contributed by atoms with E-state index in [4.69, 9.17) is 0 Å². The van der Waals surface area contributed by atoms with Crippen molar-refractivity contribution in [2.24, 2.45) is 35.5 Å². The van der Waals surface area contributed by atoms with Crippen molar-refractivity contribution in [1.82, 2.24) is 50.1 Å². The van der Waals surface area contributed by atoms with E-state index in [0.717, 1.165) is 35.5 Å². The van der Waals surface area contributed by atoms with E-state index < -0.39 is 0 Å². The predicted octanol–water partition coefficient (Wildman–Crippen LogP) is 20.8. The lowest BCUT2D eigenvalue weighted by atomic mass is 10.3. The number of hydrogen-bond acceptors (Lipinski definition) is 10. The van der Waals surface area contributed by atoms with Gasteiger partial charge >= 0.3 is 0 Å². The van der Waals surface area contributed by atoms with Crippen molar-refractivity contribution in [3.05, 3.63) is 160 Å². The van der Waals surface area contributed by atoms with Crippen LogP contribution in [-0.2, 0) is 0 Å². The molecule has 6 rings (SSSR count). The van der Waals surface area contributed by atoms with Crippen LogP contribution in [0.2, 0.25) is 0 Å². The van der Waals surface area contributed by atoms with Gasteiger partial charge in [-0.25, -0.2) is 24.9 Å². The molecule has 0 aliphatic rings. The third-order valence-corrected chi connectivity index (χ3v) is 3.07.